The van der Waals surface area contributed by atoms with E-state index in [4.69, 9.17) is 10.5 Å². The van der Waals surface area contributed by atoms with Crippen LogP contribution >= 0.6 is 0 Å². The highest BCUT2D eigenvalue weighted by Crippen LogP contribution is 2.21. The van der Waals surface area contributed by atoms with Crippen LogP contribution in [-0.2, 0) is 6.54 Å². The van der Waals surface area contributed by atoms with Gasteiger partial charge in [-0.05, 0) is 23.8 Å². The molecule has 0 radical (unpaired) electrons. The Bertz CT molecular complexity index is 1040. The fourth-order valence-corrected chi connectivity index (χ4v) is 2.66. The summed E-state index contributed by atoms with van der Waals surface area (Å²) in [4.78, 5) is 23.5. The summed E-state index contributed by atoms with van der Waals surface area (Å²) in [5.74, 6) is 0.181. The van der Waals surface area contributed by atoms with E-state index in [9.17, 15) is 9.18 Å². The predicted octanol–water partition coefficient (Wildman–Crippen LogP) is 1.25. The topological polar surface area (TPSA) is 111 Å². The van der Waals surface area contributed by atoms with Gasteiger partial charge in [-0.1, -0.05) is 12.1 Å². The Morgan fingerprint density at radius 3 is 3.04 bits per heavy atom. The number of nitrogens with two attached hydrogens (primary N) is 1. The van der Waals surface area contributed by atoms with Crippen LogP contribution in [0.25, 0.3) is 11.2 Å². The highest BCUT2D eigenvalue weighted by atomic mass is 19.1. The number of anilines is 2. The number of nitrogens with zero attached hydrogens (tertiary/aromatic N) is 3. The van der Waals surface area contributed by atoms with E-state index in [1.165, 1.54) is 10.6 Å². The number of imidazole rings is 1. The van der Waals surface area contributed by atoms with Gasteiger partial charge in [0.2, 0.25) is 5.95 Å². The number of aromatic nitrogens is 4. The molecular weight excluding hydrogens is 327 g/mol. The standard InChI is InChI=1S/C16H15FN6O2/c17-10-4-3-9-7-11(10)25-6-2-1-5-19-15-21-13(18)12-14(22-15)23(8-9)16(24)20-12/h1-4,7H,5-6,8H2,(H,20,24)(H3,18,19,21,22)/b2-1-. The Balaban J connectivity index is 1.90. The average molecular weight is 342 g/mol. The van der Waals surface area contributed by atoms with Gasteiger partial charge < -0.3 is 20.8 Å². The summed E-state index contributed by atoms with van der Waals surface area (Å²) in [5.41, 5.74) is 7.02. The molecule has 0 spiro atoms. The molecule has 0 amide bonds. The molecule has 0 atom stereocenters. The first kappa shape index (κ1) is 15.2. The summed E-state index contributed by atoms with van der Waals surface area (Å²) in [6.07, 6.45) is 3.57. The number of rotatable bonds is 0. The monoisotopic (exact) mass is 342 g/mol. The number of ether oxygens (including phenoxy) is 1. The van der Waals surface area contributed by atoms with Gasteiger partial charge in [0, 0.05) is 6.54 Å². The van der Waals surface area contributed by atoms with Crippen LogP contribution in [0.4, 0.5) is 16.2 Å². The highest BCUT2D eigenvalue weighted by Gasteiger charge is 2.15. The lowest BCUT2D eigenvalue weighted by atomic mass is 10.2. The first-order valence-electron chi connectivity index (χ1n) is 7.68. The molecule has 1 aliphatic heterocycles. The molecule has 4 bridgehead atoms. The molecule has 1 aromatic carbocycles. The molecule has 9 heteroatoms. The van der Waals surface area contributed by atoms with Crippen molar-refractivity contribution in [3.63, 3.8) is 0 Å². The second-order valence-corrected chi connectivity index (χ2v) is 5.58. The van der Waals surface area contributed by atoms with Crippen molar-refractivity contribution in [1.82, 2.24) is 19.5 Å². The number of hydrogen-bond donors (Lipinski definition) is 3. The highest BCUT2D eigenvalue weighted by molar-refractivity contribution is 5.82. The minimum absolute atomic E-state index is 0.134. The van der Waals surface area contributed by atoms with Crippen LogP contribution in [-0.4, -0.2) is 32.7 Å². The summed E-state index contributed by atoms with van der Waals surface area (Å²) in [6, 6.07) is 4.49. The summed E-state index contributed by atoms with van der Waals surface area (Å²) in [5, 5.41) is 3.00. The van der Waals surface area contributed by atoms with Crippen LogP contribution in [0, 0.1) is 5.82 Å². The molecule has 25 heavy (non-hydrogen) atoms. The number of hydrogen-bond acceptors (Lipinski definition) is 6. The third kappa shape index (κ3) is 2.80. The Morgan fingerprint density at radius 1 is 1.28 bits per heavy atom. The van der Waals surface area contributed by atoms with Crippen molar-refractivity contribution in [3.05, 3.63) is 52.2 Å². The molecule has 0 aliphatic carbocycles. The van der Waals surface area contributed by atoms with E-state index >= 15 is 0 Å². The molecule has 3 heterocycles. The van der Waals surface area contributed by atoms with Gasteiger partial charge in [0.1, 0.15) is 12.1 Å². The molecule has 3 aromatic rings. The van der Waals surface area contributed by atoms with Crippen molar-refractivity contribution in [2.75, 3.05) is 24.2 Å². The molecule has 0 unspecified atom stereocenters. The zero-order valence-electron chi connectivity index (χ0n) is 13.1. The molecule has 8 nitrogen and oxygen atoms in total. The molecule has 4 N–H and O–H groups in total. The molecular formula is C16H15FN6O2. The van der Waals surface area contributed by atoms with Gasteiger partial charge in [-0.25, -0.2) is 9.18 Å². The summed E-state index contributed by atoms with van der Waals surface area (Å²) >= 11 is 0. The van der Waals surface area contributed by atoms with Crippen molar-refractivity contribution in [1.29, 1.82) is 0 Å². The lowest BCUT2D eigenvalue weighted by Crippen LogP contribution is -2.18. The van der Waals surface area contributed by atoms with Gasteiger partial charge in [0.15, 0.2) is 23.0 Å². The van der Waals surface area contributed by atoms with Gasteiger partial charge in [0.25, 0.3) is 0 Å². The zero-order valence-corrected chi connectivity index (χ0v) is 13.1. The zero-order chi connectivity index (χ0) is 17.4. The number of nitrogens with one attached hydrogen (secondary N) is 2. The number of fused-ring (bicyclic) bond motifs is 3. The van der Waals surface area contributed by atoms with E-state index in [-0.39, 0.29) is 30.4 Å². The quantitative estimate of drug-likeness (QED) is 0.530. The number of nitrogen functional groups attached to an aromatic ring is 1. The largest absolute Gasteiger partial charge is 0.486 e. The Labute approximate surface area is 141 Å². The van der Waals surface area contributed by atoms with Gasteiger partial charge in [-0.15, -0.1) is 0 Å². The maximum absolute atomic E-state index is 13.9. The van der Waals surface area contributed by atoms with E-state index < -0.39 is 5.82 Å². The SMILES string of the molecule is Nc1nc2nc3c1[nH]c(=O)n3Cc1ccc(F)c(c1)OC/C=C\CN2. The summed E-state index contributed by atoms with van der Waals surface area (Å²) < 4.78 is 20.7. The summed E-state index contributed by atoms with van der Waals surface area (Å²) in [7, 11) is 0. The molecule has 2 aromatic heterocycles. The molecule has 4 rings (SSSR count). The fraction of sp³-hybridized carbons (Fsp3) is 0.188. The van der Waals surface area contributed by atoms with E-state index in [1.807, 2.05) is 6.08 Å². The number of halogens is 1. The van der Waals surface area contributed by atoms with E-state index in [0.29, 0.717) is 29.2 Å². The van der Waals surface area contributed by atoms with Crippen molar-refractivity contribution in [2.45, 2.75) is 6.54 Å². The van der Waals surface area contributed by atoms with Gasteiger partial charge in [-0.2, -0.15) is 9.97 Å². The smallest absolute Gasteiger partial charge is 0.328 e. The summed E-state index contributed by atoms with van der Waals surface area (Å²) in [6.45, 7) is 0.853. The first-order valence-corrected chi connectivity index (χ1v) is 7.68. The van der Waals surface area contributed by atoms with E-state index in [0.717, 1.165) is 0 Å². The van der Waals surface area contributed by atoms with Crippen molar-refractivity contribution in [3.8, 4) is 5.75 Å². The number of H-pyrrole nitrogens is 1. The average Bonchev–Trinajstić information content (AvgIpc) is 2.90. The maximum Gasteiger partial charge on any atom is 0.328 e. The van der Waals surface area contributed by atoms with Gasteiger partial charge in [-0.3, -0.25) is 4.57 Å². The Morgan fingerprint density at radius 2 is 2.16 bits per heavy atom. The number of benzene rings is 1. The van der Waals surface area contributed by atoms with Crippen LogP contribution in [0.3, 0.4) is 0 Å². The second-order valence-electron chi connectivity index (χ2n) is 5.58. The van der Waals surface area contributed by atoms with E-state index in [1.54, 1.807) is 18.2 Å². The Kier molecular flexibility index (Phi) is 3.60. The lowest BCUT2D eigenvalue weighted by molar-refractivity contribution is 0.341. The Hall–Kier alpha value is -3.36. The van der Waals surface area contributed by atoms with Gasteiger partial charge >= 0.3 is 5.69 Å². The lowest BCUT2D eigenvalue weighted by Gasteiger charge is -2.10. The first-order chi connectivity index (χ1) is 12.1. The normalized spacial score (nSPS) is 15.4. The van der Waals surface area contributed by atoms with Crippen LogP contribution in [0.15, 0.2) is 35.1 Å². The second kappa shape index (κ2) is 5.93. The molecule has 0 saturated carbocycles. The molecule has 128 valence electrons. The third-order valence-electron chi connectivity index (χ3n) is 3.87. The van der Waals surface area contributed by atoms with Gasteiger partial charge in [0.05, 0.1) is 6.54 Å². The number of aromatic amines is 1. The maximum atomic E-state index is 13.9. The minimum atomic E-state index is -0.456. The predicted molar refractivity (Wildman–Crippen MR) is 91.2 cm³/mol. The minimum Gasteiger partial charge on any atom is -0.486 e. The van der Waals surface area contributed by atoms with Crippen molar-refractivity contribution < 1.29 is 9.13 Å². The van der Waals surface area contributed by atoms with Crippen LogP contribution in [0.5, 0.6) is 5.75 Å². The van der Waals surface area contributed by atoms with E-state index in [2.05, 4.69) is 20.3 Å². The van der Waals surface area contributed by atoms with Crippen LogP contribution in [0.2, 0.25) is 0 Å². The van der Waals surface area contributed by atoms with Crippen LogP contribution in [0.1, 0.15) is 5.56 Å². The molecule has 1 aliphatic rings. The van der Waals surface area contributed by atoms with Crippen molar-refractivity contribution >= 4 is 22.9 Å². The molecule has 0 saturated heterocycles. The van der Waals surface area contributed by atoms with Crippen molar-refractivity contribution in [2.24, 2.45) is 0 Å². The fourth-order valence-electron chi connectivity index (χ4n) is 2.66. The van der Waals surface area contributed by atoms with Crippen LogP contribution < -0.4 is 21.5 Å². The molecule has 0 fully saturated rings. The third-order valence-corrected chi connectivity index (χ3v) is 3.87.